The van der Waals surface area contributed by atoms with E-state index >= 15 is 0 Å². The summed E-state index contributed by atoms with van der Waals surface area (Å²) < 4.78 is 5.80. The van der Waals surface area contributed by atoms with Crippen LogP contribution in [-0.4, -0.2) is 19.1 Å². The Balaban J connectivity index is 1.39. The molecule has 2 aliphatic rings. The first-order chi connectivity index (χ1) is 11.7. The van der Waals surface area contributed by atoms with E-state index < -0.39 is 0 Å². The van der Waals surface area contributed by atoms with E-state index in [1.807, 2.05) is 42.5 Å². The number of carbonyl (C=O) groups excluding carboxylic acids is 1. The molecule has 1 aliphatic heterocycles. The number of rotatable bonds is 4. The zero-order valence-corrected chi connectivity index (χ0v) is 14.2. The number of amides is 1. The van der Waals surface area contributed by atoms with Gasteiger partial charge in [0.15, 0.2) is 0 Å². The maximum atomic E-state index is 12.7. The van der Waals surface area contributed by atoms with E-state index in [1.165, 1.54) is 5.56 Å². The second kappa shape index (κ2) is 6.14. The third kappa shape index (κ3) is 2.89. The Hall–Kier alpha value is -2.00. The van der Waals surface area contributed by atoms with Gasteiger partial charge in [-0.25, -0.2) is 0 Å². The lowest BCUT2D eigenvalue weighted by Crippen LogP contribution is -2.40. The molecule has 3 nitrogen and oxygen atoms in total. The lowest BCUT2D eigenvalue weighted by molar-refractivity contribution is -0.123. The molecule has 1 atom stereocenters. The number of carbonyl (C=O) groups is 1. The SMILES string of the molecule is O=C(NCC1COc2ccccc2C1)C1(c2cccc(Cl)c2)CC1. The molecular formula is C20H20ClNO2. The van der Waals surface area contributed by atoms with Gasteiger partial charge in [0.2, 0.25) is 5.91 Å². The Bertz CT molecular complexity index is 770. The highest BCUT2D eigenvalue weighted by Crippen LogP contribution is 2.48. The third-order valence-electron chi connectivity index (χ3n) is 5.07. The van der Waals surface area contributed by atoms with E-state index in [-0.39, 0.29) is 11.3 Å². The van der Waals surface area contributed by atoms with Crippen LogP contribution in [0.1, 0.15) is 24.0 Å². The van der Waals surface area contributed by atoms with Crippen LogP contribution in [0.5, 0.6) is 5.75 Å². The van der Waals surface area contributed by atoms with Crippen molar-refractivity contribution >= 4 is 17.5 Å². The quantitative estimate of drug-likeness (QED) is 0.920. The number of ether oxygens (including phenoxy) is 1. The molecule has 0 aromatic heterocycles. The molecule has 1 amide bonds. The van der Waals surface area contributed by atoms with Crippen molar-refractivity contribution in [3.05, 3.63) is 64.7 Å². The minimum Gasteiger partial charge on any atom is -0.493 e. The largest absolute Gasteiger partial charge is 0.493 e. The summed E-state index contributed by atoms with van der Waals surface area (Å²) in [7, 11) is 0. The van der Waals surface area contributed by atoms with Crippen LogP contribution in [0.25, 0.3) is 0 Å². The van der Waals surface area contributed by atoms with Gasteiger partial charge >= 0.3 is 0 Å². The molecular weight excluding hydrogens is 322 g/mol. The smallest absolute Gasteiger partial charge is 0.230 e. The predicted molar refractivity (Wildman–Crippen MR) is 94.5 cm³/mol. The van der Waals surface area contributed by atoms with Crippen molar-refractivity contribution in [1.82, 2.24) is 5.32 Å². The third-order valence-corrected chi connectivity index (χ3v) is 5.30. The molecule has 0 bridgehead atoms. The molecule has 2 aromatic rings. The van der Waals surface area contributed by atoms with Crippen LogP contribution in [0.2, 0.25) is 5.02 Å². The summed E-state index contributed by atoms with van der Waals surface area (Å²) in [6, 6.07) is 15.8. The predicted octanol–water partition coefficient (Wildman–Crippen LogP) is 3.74. The Morgan fingerprint density at radius 2 is 2.04 bits per heavy atom. The Morgan fingerprint density at radius 3 is 2.83 bits per heavy atom. The summed E-state index contributed by atoms with van der Waals surface area (Å²) in [6.07, 6.45) is 2.73. The van der Waals surface area contributed by atoms with Gasteiger partial charge in [-0.15, -0.1) is 0 Å². The van der Waals surface area contributed by atoms with Crippen LogP contribution in [-0.2, 0) is 16.6 Å². The van der Waals surface area contributed by atoms with Gasteiger partial charge in [-0.05, 0) is 48.6 Å². The summed E-state index contributed by atoms with van der Waals surface area (Å²) >= 11 is 6.08. The summed E-state index contributed by atoms with van der Waals surface area (Å²) in [5.41, 5.74) is 1.87. The average Bonchev–Trinajstić information content (AvgIpc) is 3.41. The number of fused-ring (bicyclic) bond motifs is 1. The summed E-state index contributed by atoms with van der Waals surface area (Å²) in [5, 5.41) is 3.83. The molecule has 2 aromatic carbocycles. The van der Waals surface area contributed by atoms with Gasteiger partial charge in [0, 0.05) is 17.5 Å². The van der Waals surface area contributed by atoms with Crippen molar-refractivity contribution in [2.24, 2.45) is 5.92 Å². The van der Waals surface area contributed by atoms with Crippen molar-refractivity contribution in [3.63, 3.8) is 0 Å². The minimum atomic E-state index is -0.377. The van der Waals surface area contributed by atoms with Crippen LogP contribution < -0.4 is 10.1 Å². The van der Waals surface area contributed by atoms with Crippen LogP contribution in [0, 0.1) is 5.92 Å². The highest BCUT2D eigenvalue weighted by atomic mass is 35.5. The van der Waals surface area contributed by atoms with E-state index in [2.05, 4.69) is 11.4 Å². The van der Waals surface area contributed by atoms with Gasteiger partial charge in [0.25, 0.3) is 0 Å². The molecule has 0 spiro atoms. The van der Waals surface area contributed by atoms with Crippen LogP contribution in [0.3, 0.4) is 0 Å². The first-order valence-electron chi connectivity index (χ1n) is 8.42. The molecule has 1 heterocycles. The first-order valence-corrected chi connectivity index (χ1v) is 8.80. The summed E-state index contributed by atoms with van der Waals surface area (Å²) in [6.45, 7) is 1.30. The van der Waals surface area contributed by atoms with Crippen LogP contribution in [0.4, 0.5) is 0 Å². The molecule has 1 unspecified atom stereocenters. The van der Waals surface area contributed by atoms with Crippen molar-refractivity contribution in [2.45, 2.75) is 24.7 Å². The molecule has 4 rings (SSSR count). The van der Waals surface area contributed by atoms with Crippen molar-refractivity contribution in [1.29, 1.82) is 0 Å². The highest BCUT2D eigenvalue weighted by molar-refractivity contribution is 6.30. The topological polar surface area (TPSA) is 38.3 Å². The maximum absolute atomic E-state index is 12.7. The van der Waals surface area contributed by atoms with Gasteiger partial charge < -0.3 is 10.1 Å². The molecule has 1 saturated carbocycles. The van der Waals surface area contributed by atoms with Gasteiger partial charge in [-0.1, -0.05) is 41.9 Å². The monoisotopic (exact) mass is 341 g/mol. The Morgan fingerprint density at radius 1 is 1.21 bits per heavy atom. The van der Waals surface area contributed by atoms with Gasteiger partial charge in [-0.2, -0.15) is 0 Å². The molecule has 24 heavy (non-hydrogen) atoms. The Labute approximate surface area is 147 Å². The molecule has 1 fully saturated rings. The van der Waals surface area contributed by atoms with Crippen molar-refractivity contribution in [3.8, 4) is 5.75 Å². The standard InChI is InChI=1S/C20H20ClNO2/c21-17-6-3-5-16(11-17)20(8-9-20)19(23)22-12-14-10-15-4-1-2-7-18(15)24-13-14/h1-7,11,14H,8-10,12-13H2,(H,22,23). The second-order valence-electron chi connectivity index (χ2n) is 6.79. The number of hydrogen-bond acceptors (Lipinski definition) is 2. The molecule has 0 radical (unpaired) electrons. The molecule has 1 N–H and O–H groups in total. The minimum absolute atomic E-state index is 0.114. The van der Waals surface area contributed by atoms with Gasteiger partial charge in [-0.3, -0.25) is 4.79 Å². The molecule has 1 aliphatic carbocycles. The van der Waals surface area contributed by atoms with E-state index in [1.54, 1.807) is 0 Å². The number of hydrogen-bond donors (Lipinski definition) is 1. The highest BCUT2D eigenvalue weighted by Gasteiger charge is 2.51. The van der Waals surface area contributed by atoms with E-state index in [4.69, 9.17) is 16.3 Å². The number of para-hydroxylation sites is 1. The Kier molecular flexibility index (Phi) is 3.97. The summed E-state index contributed by atoms with van der Waals surface area (Å²) in [4.78, 5) is 12.7. The van der Waals surface area contributed by atoms with E-state index in [9.17, 15) is 4.79 Å². The number of benzene rings is 2. The normalized spacial score (nSPS) is 20.6. The fraction of sp³-hybridized carbons (Fsp3) is 0.350. The maximum Gasteiger partial charge on any atom is 0.230 e. The fourth-order valence-electron chi connectivity index (χ4n) is 3.49. The van der Waals surface area contributed by atoms with Crippen LogP contribution >= 0.6 is 11.6 Å². The van der Waals surface area contributed by atoms with E-state index in [0.29, 0.717) is 24.1 Å². The zero-order valence-electron chi connectivity index (χ0n) is 13.4. The fourth-order valence-corrected chi connectivity index (χ4v) is 3.68. The lowest BCUT2D eigenvalue weighted by atomic mass is 9.93. The second-order valence-corrected chi connectivity index (χ2v) is 7.23. The molecule has 0 saturated heterocycles. The first kappa shape index (κ1) is 15.5. The molecule has 4 heteroatoms. The molecule has 124 valence electrons. The zero-order chi connectivity index (χ0) is 16.6. The van der Waals surface area contributed by atoms with Gasteiger partial charge in [0.05, 0.1) is 12.0 Å². The number of nitrogens with one attached hydrogen (secondary N) is 1. The average molecular weight is 342 g/mol. The van der Waals surface area contributed by atoms with Gasteiger partial charge in [0.1, 0.15) is 5.75 Å². The lowest BCUT2D eigenvalue weighted by Gasteiger charge is -2.26. The summed E-state index contributed by atoms with van der Waals surface area (Å²) in [5.74, 6) is 1.40. The van der Waals surface area contributed by atoms with Crippen LogP contribution in [0.15, 0.2) is 48.5 Å². The van der Waals surface area contributed by atoms with Crippen molar-refractivity contribution < 1.29 is 9.53 Å². The number of halogens is 1. The van der Waals surface area contributed by atoms with Crippen molar-refractivity contribution in [2.75, 3.05) is 13.2 Å². The van der Waals surface area contributed by atoms with E-state index in [0.717, 1.165) is 30.6 Å².